The maximum absolute atomic E-state index is 14.5. The van der Waals surface area contributed by atoms with Gasteiger partial charge < -0.3 is 38.8 Å². The number of allylic oxidation sites excluding steroid dienone is 6. The lowest BCUT2D eigenvalue weighted by atomic mass is 9.79. The number of piperidine rings is 1. The fourth-order valence-electron chi connectivity index (χ4n) is 10.4. The number of ether oxygens (including phenoxy) is 5. The molecule has 0 aromatic rings. The number of esters is 1. The molecule has 382 valence electrons. The van der Waals surface area contributed by atoms with Gasteiger partial charge in [-0.2, -0.15) is 0 Å². The number of carbonyl (C=O) groups excluding carboxylic acids is 5. The van der Waals surface area contributed by atoms with Gasteiger partial charge in [0.25, 0.3) is 11.7 Å². The van der Waals surface area contributed by atoms with E-state index in [1.54, 1.807) is 47.7 Å². The zero-order valence-electron chi connectivity index (χ0n) is 42.4. The number of aliphatic hydroxyl groups excluding tert-OH is 1. The molecule has 3 heterocycles. The molecule has 0 aromatic carbocycles. The second-order valence-corrected chi connectivity index (χ2v) is 24.0. The van der Waals surface area contributed by atoms with Crippen LogP contribution < -0.4 is 0 Å². The predicted octanol–water partition coefficient (Wildman–Crippen LogP) is 8.29. The average molecular weight is 991 g/mol. The first-order chi connectivity index (χ1) is 32.1. The molecule has 0 spiro atoms. The zero-order chi connectivity index (χ0) is 50.5. The smallest absolute Gasteiger partial charge is 0.407 e. The number of methoxy groups -OCH3 is 3. The van der Waals surface area contributed by atoms with Crippen molar-refractivity contribution >= 4 is 47.6 Å². The molecule has 16 heteroatoms. The van der Waals surface area contributed by atoms with Crippen molar-refractivity contribution in [3.63, 3.8) is 0 Å². The molecule has 14 nitrogen and oxygen atoms in total. The summed E-state index contributed by atoms with van der Waals surface area (Å²) < 4.78 is 41.9. The van der Waals surface area contributed by atoms with Crippen LogP contribution in [-0.2, 0) is 52.2 Å². The van der Waals surface area contributed by atoms with Gasteiger partial charge in [0.05, 0.1) is 23.6 Å². The lowest BCUT2D eigenvalue weighted by molar-refractivity contribution is -0.265. The van der Waals surface area contributed by atoms with Crippen molar-refractivity contribution in [1.82, 2.24) is 4.90 Å². The van der Waals surface area contributed by atoms with Gasteiger partial charge in [0.1, 0.15) is 48.2 Å². The number of rotatable bonds is 8. The fraction of sp³-hybridized carbons (Fsp3) is 0.750. The highest BCUT2D eigenvalue weighted by Crippen LogP contribution is 2.46. The van der Waals surface area contributed by atoms with Crippen LogP contribution in [0.1, 0.15) is 126 Å². The van der Waals surface area contributed by atoms with Gasteiger partial charge in [-0.25, -0.2) is 4.79 Å². The summed E-state index contributed by atoms with van der Waals surface area (Å²) in [7, 11) is 3.20. The van der Waals surface area contributed by atoms with Crippen molar-refractivity contribution < 1.29 is 62.4 Å². The van der Waals surface area contributed by atoms with Crippen molar-refractivity contribution in [2.75, 3.05) is 34.5 Å². The highest BCUT2D eigenvalue weighted by atomic mass is 32.7. The summed E-state index contributed by atoms with van der Waals surface area (Å²) in [5.41, 5.74) is 1.27. The van der Waals surface area contributed by atoms with Crippen molar-refractivity contribution in [1.29, 1.82) is 0 Å². The number of ketones is 3. The van der Waals surface area contributed by atoms with Crippen molar-refractivity contribution in [3.8, 4) is 0 Å². The number of amides is 1. The molecular formula is C52H81NO13PS+. The normalized spacial score (nSPS) is 38.1. The van der Waals surface area contributed by atoms with E-state index in [0.29, 0.717) is 56.9 Å². The summed E-state index contributed by atoms with van der Waals surface area (Å²) in [6.45, 7) is 14.5. The Hall–Kier alpha value is -2.88. The fourth-order valence-corrected chi connectivity index (χ4v) is 13.3. The van der Waals surface area contributed by atoms with Gasteiger partial charge in [-0.05, 0) is 107 Å². The largest absolute Gasteiger partial charge is 0.460 e. The quantitative estimate of drug-likeness (QED) is 0.102. The molecule has 16 atom stereocenters. The molecule has 68 heavy (non-hydrogen) atoms. The minimum Gasteiger partial charge on any atom is -0.460 e. The SMILES string of the molecule is CO[C@H]1CC2CC[C@@H](C)[C@@](O)(O2)C(=O)C(=O)N2CCCCC2C(=O)O[C@H]([C@H](C)C[C@@H]2CCC(S[P+](C)=O)[C@H](OC)C2)CC(=O)[C@H](C)/C=C(\C)[C@@H](O)[C@@H](OC)C(=O)[C@H](C)C[C@H](C)/C=C/C=CC=C1C. The van der Waals surface area contributed by atoms with E-state index in [4.69, 9.17) is 23.7 Å². The van der Waals surface area contributed by atoms with E-state index < -0.39 is 84.8 Å². The van der Waals surface area contributed by atoms with Crippen LogP contribution in [0.25, 0.3) is 0 Å². The first-order valence-corrected chi connectivity index (χ1v) is 27.9. The molecule has 4 unspecified atom stereocenters. The highest BCUT2D eigenvalue weighted by molar-refractivity contribution is 8.51. The molecule has 0 aromatic heterocycles. The molecule has 2 N–H and O–H groups in total. The summed E-state index contributed by atoms with van der Waals surface area (Å²) in [6.07, 6.45) is 12.5. The Bertz CT molecular complexity index is 1890. The molecular weight excluding hydrogens is 910 g/mol. The standard InChI is InChI=1S/C52H81NO13PS/c1-31-17-13-12-14-18-32(2)42(62-8)29-39-22-20-37(7)52(60,66-39)49(57)50(58)53-24-16-15-19-40(53)51(59)65-43(34(4)27-38-21-23-45(68-67(11)61)44(28-38)63-9)30-41(54)33(3)26-36(6)47(56)48(64-10)46(55)35(5)25-31/h12-14,17-18,26,31,33-35,37-40,42-45,47-48,56,60H,15-16,19-25,27-30H2,1-11H3/q+1/b14-12?,17-13+,32-18?,36-26+/t31-,33-,34-,35-,37-,38+,39?,40?,42+,43+,44-,45?,47-,48+,52-/m1/s1. The monoisotopic (exact) mass is 991 g/mol. The van der Waals surface area contributed by atoms with E-state index in [1.165, 1.54) is 23.4 Å². The summed E-state index contributed by atoms with van der Waals surface area (Å²) in [4.78, 5) is 72.2. The van der Waals surface area contributed by atoms with Gasteiger partial charge >= 0.3 is 13.0 Å². The maximum atomic E-state index is 14.5. The Labute approximate surface area is 410 Å². The van der Waals surface area contributed by atoms with Crippen molar-refractivity contribution in [2.24, 2.45) is 35.5 Å². The molecule has 2 bridgehead atoms. The second kappa shape index (κ2) is 27.1. The average Bonchev–Trinajstić information content (AvgIpc) is 3.30. The molecule has 3 aliphatic heterocycles. The Balaban J connectivity index is 1.70. The number of nitrogens with zero attached hydrogens (tertiary/aromatic N) is 1. The van der Waals surface area contributed by atoms with Crippen LogP contribution in [0.15, 0.2) is 47.6 Å². The molecule has 4 aliphatic rings. The van der Waals surface area contributed by atoms with Gasteiger partial charge in [-0.15, -0.1) is 0 Å². The van der Waals surface area contributed by atoms with Crippen LogP contribution >= 0.6 is 18.4 Å². The number of fused-ring (bicyclic) bond motifs is 3. The van der Waals surface area contributed by atoms with E-state index in [0.717, 1.165) is 18.4 Å². The minimum absolute atomic E-state index is 0.0171. The molecule has 1 amide bonds. The topological polar surface area (TPSA) is 192 Å². The van der Waals surface area contributed by atoms with Crippen molar-refractivity contribution in [3.05, 3.63) is 47.6 Å². The van der Waals surface area contributed by atoms with E-state index in [-0.39, 0.29) is 60.1 Å². The summed E-state index contributed by atoms with van der Waals surface area (Å²) in [5.74, 6) is -7.90. The first kappa shape index (κ1) is 57.7. The summed E-state index contributed by atoms with van der Waals surface area (Å²) in [6, 6.07) is -1.14. The predicted molar refractivity (Wildman–Crippen MR) is 264 cm³/mol. The van der Waals surface area contributed by atoms with Crippen LogP contribution in [-0.4, -0.2) is 133 Å². The number of carbonyl (C=O) groups is 5. The van der Waals surface area contributed by atoms with Gasteiger partial charge in [-0.3, -0.25) is 19.2 Å². The number of aliphatic hydroxyl groups is 2. The molecule has 4 rings (SSSR count). The Kier molecular flexibility index (Phi) is 23.0. The van der Waals surface area contributed by atoms with Crippen LogP contribution in [0, 0.1) is 35.5 Å². The van der Waals surface area contributed by atoms with Gasteiger partial charge in [-0.1, -0.05) is 75.6 Å². The molecule has 1 saturated carbocycles. The highest BCUT2D eigenvalue weighted by Gasteiger charge is 2.53. The molecule has 3 fully saturated rings. The lowest BCUT2D eigenvalue weighted by Gasteiger charge is -2.42. The van der Waals surface area contributed by atoms with Gasteiger partial charge in [0, 0.05) is 58.5 Å². The Morgan fingerprint density at radius 3 is 2.28 bits per heavy atom. The molecule has 2 saturated heterocycles. The van der Waals surface area contributed by atoms with Crippen LogP contribution in [0.2, 0.25) is 0 Å². The van der Waals surface area contributed by atoms with Crippen LogP contribution in [0.3, 0.4) is 0 Å². The Morgan fingerprint density at radius 2 is 1.62 bits per heavy atom. The third kappa shape index (κ3) is 15.6. The first-order valence-electron chi connectivity index (χ1n) is 24.7. The molecule has 1 aliphatic carbocycles. The summed E-state index contributed by atoms with van der Waals surface area (Å²) in [5, 5.41) is 23.5. The van der Waals surface area contributed by atoms with Gasteiger partial charge in [0.15, 0.2) is 5.78 Å². The number of Topliss-reactive ketones (excluding diaryl/α,β-unsaturated/α-hetero) is 3. The third-order valence-electron chi connectivity index (χ3n) is 14.7. The molecule has 0 radical (unpaired) electrons. The van der Waals surface area contributed by atoms with Crippen LogP contribution in [0.4, 0.5) is 0 Å². The van der Waals surface area contributed by atoms with Crippen LogP contribution in [0.5, 0.6) is 0 Å². The van der Waals surface area contributed by atoms with E-state index >= 15 is 0 Å². The number of hydrogen-bond donors (Lipinski definition) is 2. The third-order valence-corrected chi connectivity index (χ3v) is 17.5. The Morgan fingerprint density at radius 1 is 0.897 bits per heavy atom. The second-order valence-electron chi connectivity index (χ2n) is 20.1. The number of hydrogen-bond acceptors (Lipinski definition) is 14. The number of cyclic esters (lactones) is 1. The zero-order valence-corrected chi connectivity index (χ0v) is 44.1. The lowest BCUT2D eigenvalue weighted by Crippen LogP contribution is -2.61. The van der Waals surface area contributed by atoms with Crippen molar-refractivity contribution in [2.45, 2.75) is 179 Å². The van der Waals surface area contributed by atoms with E-state index in [1.807, 2.05) is 58.1 Å². The minimum atomic E-state index is -2.43. The van der Waals surface area contributed by atoms with E-state index in [2.05, 4.69) is 0 Å². The summed E-state index contributed by atoms with van der Waals surface area (Å²) >= 11 is 1.44. The maximum Gasteiger partial charge on any atom is 0.407 e. The van der Waals surface area contributed by atoms with E-state index in [9.17, 15) is 38.8 Å². The van der Waals surface area contributed by atoms with Gasteiger partial charge in [0.2, 0.25) is 5.79 Å².